The molecule has 0 aliphatic carbocycles. The molecule has 0 radical (unpaired) electrons. The molecule has 2 bridgehead atoms. The van der Waals surface area contributed by atoms with E-state index in [1.165, 1.54) is 32.5 Å². The molecule has 0 aromatic rings. The van der Waals surface area contributed by atoms with E-state index >= 15 is 0 Å². The molecule has 0 N–H and O–H groups in total. The molecular formula is C11H19NO. The van der Waals surface area contributed by atoms with Crippen LogP contribution in [0.2, 0.25) is 0 Å². The summed E-state index contributed by atoms with van der Waals surface area (Å²) < 4.78 is 5.83. The Morgan fingerprint density at radius 3 is 2.69 bits per heavy atom. The van der Waals surface area contributed by atoms with E-state index in [4.69, 9.17) is 4.74 Å². The van der Waals surface area contributed by atoms with Crippen molar-refractivity contribution in [1.82, 2.24) is 4.90 Å². The third-order valence-electron chi connectivity index (χ3n) is 3.24. The summed E-state index contributed by atoms with van der Waals surface area (Å²) in [6.45, 7) is 6.61. The first-order valence-electron chi connectivity index (χ1n) is 5.35. The van der Waals surface area contributed by atoms with Crippen LogP contribution in [-0.4, -0.2) is 37.2 Å². The van der Waals surface area contributed by atoms with Gasteiger partial charge in [0.15, 0.2) is 0 Å². The fraction of sp³-hybridized carbons (Fsp3) is 0.818. The monoisotopic (exact) mass is 181 g/mol. The van der Waals surface area contributed by atoms with E-state index in [1.54, 1.807) is 0 Å². The van der Waals surface area contributed by atoms with Gasteiger partial charge in [-0.05, 0) is 38.8 Å². The number of nitrogens with zero attached hydrogens (tertiary/aromatic N) is 1. The van der Waals surface area contributed by atoms with Crippen LogP contribution in [0.25, 0.3) is 0 Å². The number of fused-ring (bicyclic) bond motifs is 3. The molecule has 3 aliphatic heterocycles. The SMILES string of the molecule is C/C=C/CO[C@H]1CN2CCC1CC2. The van der Waals surface area contributed by atoms with Crippen molar-refractivity contribution in [1.29, 1.82) is 0 Å². The first-order chi connectivity index (χ1) is 6.40. The van der Waals surface area contributed by atoms with Crippen LogP contribution in [0.1, 0.15) is 19.8 Å². The van der Waals surface area contributed by atoms with E-state index in [9.17, 15) is 0 Å². The molecular weight excluding hydrogens is 162 g/mol. The number of hydrogen-bond acceptors (Lipinski definition) is 2. The van der Waals surface area contributed by atoms with E-state index in [0.717, 1.165) is 12.5 Å². The van der Waals surface area contributed by atoms with Gasteiger partial charge in [-0.2, -0.15) is 0 Å². The minimum atomic E-state index is 0.513. The molecule has 0 unspecified atom stereocenters. The third-order valence-corrected chi connectivity index (χ3v) is 3.24. The highest BCUT2D eigenvalue weighted by Gasteiger charge is 2.34. The molecule has 74 valence electrons. The van der Waals surface area contributed by atoms with Crippen molar-refractivity contribution in [2.24, 2.45) is 5.92 Å². The largest absolute Gasteiger partial charge is 0.373 e. The van der Waals surface area contributed by atoms with E-state index in [2.05, 4.69) is 17.1 Å². The molecule has 0 aromatic heterocycles. The summed E-state index contributed by atoms with van der Waals surface area (Å²) >= 11 is 0. The number of piperidine rings is 3. The first kappa shape index (κ1) is 9.22. The number of ether oxygens (including phenoxy) is 1. The molecule has 3 saturated heterocycles. The lowest BCUT2D eigenvalue weighted by atomic mass is 9.86. The van der Waals surface area contributed by atoms with Gasteiger partial charge >= 0.3 is 0 Å². The van der Waals surface area contributed by atoms with Crippen LogP contribution in [0.5, 0.6) is 0 Å². The Hall–Kier alpha value is -0.340. The van der Waals surface area contributed by atoms with Crippen molar-refractivity contribution < 1.29 is 4.74 Å². The Morgan fingerprint density at radius 1 is 1.38 bits per heavy atom. The second-order valence-electron chi connectivity index (χ2n) is 4.08. The van der Waals surface area contributed by atoms with Crippen LogP contribution in [0.3, 0.4) is 0 Å². The maximum atomic E-state index is 5.83. The van der Waals surface area contributed by atoms with Crippen LogP contribution < -0.4 is 0 Å². The van der Waals surface area contributed by atoms with E-state index < -0.39 is 0 Å². The molecule has 3 heterocycles. The molecule has 1 atom stereocenters. The maximum Gasteiger partial charge on any atom is 0.0735 e. The highest BCUT2D eigenvalue weighted by Crippen LogP contribution is 2.29. The number of rotatable bonds is 3. The van der Waals surface area contributed by atoms with E-state index in [1.807, 2.05) is 6.92 Å². The molecule has 2 heteroatoms. The van der Waals surface area contributed by atoms with E-state index in [-0.39, 0.29) is 0 Å². The van der Waals surface area contributed by atoms with Gasteiger partial charge in [-0.25, -0.2) is 0 Å². The summed E-state index contributed by atoms with van der Waals surface area (Å²) in [6, 6.07) is 0. The van der Waals surface area contributed by atoms with Gasteiger partial charge in [0.1, 0.15) is 0 Å². The summed E-state index contributed by atoms with van der Waals surface area (Å²) in [5.41, 5.74) is 0. The average molecular weight is 181 g/mol. The summed E-state index contributed by atoms with van der Waals surface area (Å²) in [6.07, 6.45) is 7.36. The van der Waals surface area contributed by atoms with Crippen molar-refractivity contribution in [3.63, 3.8) is 0 Å². The average Bonchev–Trinajstić information content (AvgIpc) is 2.20. The van der Waals surface area contributed by atoms with Gasteiger partial charge < -0.3 is 9.64 Å². The Labute approximate surface area is 80.6 Å². The summed E-state index contributed by atoms with van der Waals surface area (Å²) in [5, 5.41) is 0. The molecule has 3 aliphatic rings. The van der Waals surface area contributed by atoms with E-state index in [0.29, 0.717) is 6.10 Å². The standard InChI is InChI=1S/C11H19NO/c1-2-3-8-13-11-9-12-6-4-10(11)5-7-12/h2-3,10-11H,4-9H2,1H3/b3-2+/t11-/m0/s1. The van der Waals surface area contributed by atoms with Crippen LogP contribution in [-0.2, 0) is 4.74 Å². The molecule has 0 aromatic carbocycles. The Balaban J connectivity index is 1.80. The van der Waals surface area contributed by atoms with Crippen LogP contribution in [0, 0.1) is 5.92 Å². The highest BCUT2D eigenvalue weighted by molar-refractivity contribution is 4.88. The van der Waals surface area contributed by atoms with Crippen molar-refractivity contribution in [3.8, 4) is 0 Å². The minimum absolute atomic E-state index is 0.513. The zero-order valence-electron chi connectivity index (χ0n) is 8.41. The van der Waals surface area contributed by atoms with Crippen LogP contribution >= 0.6 is 0 Å². The predicted octanol–water partition coefficient (Wildman–Crippen LogP) is 1.67. The van der Waals surface area contributed by atoms with Gasteiger partial charge in [-0.3, -0.25) is 0 Å². The van der Waals surface area contributed by atoms with Crippen molar-refractivity contribution >= 4 is 0 Å². The first-order valence-corrected chi connectivity index (χ1v) is 5.35. The van der Waals surface area contributed by atoms with Crippen LogP contribution in [0.4, 0.5) is 0 Å². The van der Waals surface area contributed by atoms with Crippen molar-refractivity contribution in [3.05, 3.63) is 12.2 Å². The van der Waals surface area contributed by atoms with Crippen LogP contribution in [0.15, 0.2) is 12.2 Å². The normalized spacial score (nSPS) is 38.7. The number of allylic oxidation sites excluding steroid dienone is 1. The topological polar surface area (TPSA) is 12.5 Å². The Bertz CT molecular complexity index is 183. The molecule has 0 saturated carbocycles. The summed E-state index contributed by atoms with van der Waals surface area (Å²) in [4.78, 5) is 2.53. The summed E-state index contributed by atoms with van der Waals surface area (Å²) in [7, 11) is 0. The van der Waals surface area contributed by atoms with Crippen molar-refractivity contribution in [2.75, 3.05) is 26.2 Å². The van der Waals surface area contributed by atoms with Gasteiger partial charge in [0.05, 0.1) is 12.7 Å². The van der Waals surface area contributed by atoms with Gasteiger partial charge in [0, 0.05) is 6.54 Å². The highest BCUT2D eigenvalue weighted by atomic mass is 16.5. The molecule has 0 amide bonds. The third kappa shape index (κ3) is 2.12. The zero-order valence-corrected chi connectivity index (χ0v) is 8.41. The lowest BCUT2D eigenvalue weighted by Gasteiger charge is -2.44. The second kappa shape index (κ2) is 4.25. The molecule has 13 heavy (non-hydrogen) atoms. The van der Waals surface area contributed by atoms with Gasteiger partial charge in [-0.1, -0.05) is 12.2 Å². The number of hydrogen-bond donors (Lipinski definition) is 0. The molecule has 2 nitrogen and oxygen atoms in total. The Kier molecular flexibility index (Phi) is 3.01. The maximum absolute atomic E-state index is 5.83. The molecule has 3 rings (SSSR count). The lowest BCUT2D eigenvalue weighted by molar-refractivity contribution is -0.0603. The Morgan fingerprint density at radius 2 is 2.15 bits per heavy atom. The van der Waals surface area contributed by atoms with Gasteiger partial charge in [0.2, 0.25) is 0 Å². The minimum Gasteiger partial charge on any atom is -0.373 e. The predicted molar refractivity (Wildman–Crippen MR) is 53.7 cm³/mol. The second-order valence-corrected chi connectivity index (χ2v) is 4.08. The van der Waals surface area contributed by atoms with Crippen molar-refractivity contribution in [2.45, 2.75) is 25.9 Å². The lowest BCUT2D eigenvalue weighted by Crippen LogP contribution is -2.51. The zero-order chi connectivity index (χ0) is 9.10. The smallest absolute Gasteiger partial charge is 0.0735 e. The quantitative estimate of drug-likeness (QED) is 0.614. The molecule has 0 spiro atoms. The fourth-order valence-electron chi connectivity index (χ4n) is 2.38. The van der Waals surface area contributed by atoms with Gasteiger partial charge in [0.25, 0.3) is 0 Å². The van der Waals surface area contributed by atoms with Gasteiger partial charge in [-0.15, -0.1) is 0 Å². The fourth-order valence-corrected chi connectivity index (χ4v) is 2.38. The summed E-state index contributed by atoms with van der Waals surface area (Å²) in [5.74, 6) is 0.843. The molecule has 3 fully saturated rings.